The second kappa shape index (κ2) is 12.8. The van der Waals surface area contributed by atoms with Gasteiger partial charge in [0.05, 0.1) is 17.3 Å². The number of carbonyl (C=O) groups is 6. The lowest BCUT2D eigenvalue weighted by atomic mass is 9.55. The van der Waals surface area contributed by atoms with Crippen molar-refractivity contribution in [3.8, 4) is 0 Å². The SMILES string of the molecule is CCCC(=O)OC[C@]12[C@H](OC(=O)C(C)C)[C@H]3[C@@H](OC(=O)CC)[C@@H](C)C[C@]3(O)C(=O)[C@@](C)(OC(C)=O)[C@@H]1[C@@H]1[C@H](C[C@H]2OC(C)=O)C1(C)C. The lowest BCUT2D eigenvalue weighted by molar-refractivity contribution is -0.240. The Morgan fingerprint density at radius 2 is 1.57 bits per heavy atom. The van der Waals surface area contributed by atoms with Crippen LogP contribution >= 0.6 is 0 Å². The Hall–Kier alpha value is -3.02. The summed E-state index contributed by atoms with van der Waals surface area (Å²) in [5.41, 5.74) is -6.58. The summed E-state index contributed by atoms with van der Waals surface area (Å²) >= 11 is 0. The number of hydrogen-bond acceptors (Lipinski definition) is 12. The van der Waals surface area contributed by atoms with Crippen LogP contribution in [0.1, 0.15) is 101 Å². The molecule has 0 heterocycles. The normalized spacial score (nSPS) is 39.8. The lowest BCUT2D eigenvalue weighted by Gasteiger charge is -2.55. The van der Waals surface area contributed by atoms with E-state index in [9.17, 15) is 29.1 Å². The molecular formula is C35H52O12. The highest BCUT2D eigenvalue weighted by Crippen LogP contribution is 2.76. The molecular weight excluding hydrogens is 612 g/mol. The predicted molar refractivity (Wildman–Crippen MR) is 165 cm³/mol. The van der Waals surface area contributed by atoms with Crippen LogP contribution in [0.25, 0.3) is 0 Å². The number of rotatable bonds is 10. The molecule has 4 rings (SSSR count). The minimum absolute atomic E-state index is 0.000338. The van der Waals surface area contributed by atoms with Crippen LogP contribution in [0.2, 0.25) is 0 Å². The summed E-state index contributed by atoms with van der Waals surface area (Å²) in [4.78, 5) is 80.6. The van der Waals surface area contributed by atoms with Gasteiger partial charge in [0.15, 0.2) is 5.60 Å². The van der Waals surface area contributed by atoms with Gasteiger partial charge in [0, 0.05) is 32.6 Å². The van der Waals surface area contributed by atoms with Crippen LogP contribution in [0.3, 0.4) is 0 Å². The molecule has 11 atom stereocenters. The maximum absolute atomic E-state index is 15.1. The third-order valence-electron chi connectivity index (χ3n) is 11.4. The Bertz CT molecular complexity index is 1310. The minimum Gasteiger partial charge on any atom is -0.465 e. The van der Waals surface area contributed by atoms with E-state index in [1.165, 1.54) is 13.8 Å². The molecule has 4 aliphatic rings. The van der Waals surface area contributed by atoms with Gasteiger partial charge in [-0.05, 0) is 49.4 Å². The van der Waals surface area contributed by atoms with Gasteiger partial charge in [-0.2, -0.15) is 0 Å². The van der Waals surface area contributed by atoms with E-state index in [0.717, 1.165) is 6.92 Å². The van der Waals surface area contributed by atoms with Gasteiger partial charge >= 0.3 is 29.8 Å². The topological polar surface area (TPSA) is 169 Å². The van der Waals surface area contributed by atoms with Crippen molar-refractivity contribution >= 4 is 35.6 Å². The number of ketones is 1. The van der Waals surface area contributed by atoms with Gasteiger partial charge in [-0.1, -0.05) is 48.5 Å². The smallest absolute Gasteiger partial charge is 0.308 e. The van der Waals surface area contributed by atoms with Crippen LogP contribution in [0.5, 0.6) is 0 Å². The summed E-state index contributed by atoms with van der Waals surface area (Å²) in [6.45, 7) is 15.7. The summed E-state index contributed by atoms with van der Waals surface area (Å²) < 4.78 is 30.4. The van der Waals surface area contributed by atoms with Crippen LogP contribution < -0.4 is 0 Å². The van der Waals surface area contributed by atoms with Crippen LogP contribution in [0.15, 0.2) is 0 Å². The predicted octanol–water partition coefficient (Wildman–Crippen LogP) is 3.72. The average Bonchev–Trinajstić information content (AvgIpc) is 3.41. The zero-order chi connectivity index (χ0) is 35.4. The molecule has 0 aromatic carbocycles. The molecule has 0 bridgehead atoms. The molecule has 1 N–H and O–H groups in total. The molecule has 0 amide bonds. The zero-order valence-corrected chi connectivity index (χ0v) is 29.4. The summed E-state index contributed by atoms with van der Waals surface area (Å²) in [5.74, 6) is -8.34. The van der Waals surface area contributed by atoms with E-state index in [-0.39, 0.29) is 37.5 Å². The van der Waals surface area contributed by atoms with E-state index < -0.39 is 106 Å². The molecule has 0 spiro atoms. The highest BCUT2D eigenvalue weighted by atomic mass is 16.6. The highest BCUT2D eigenvalue weighted by Gasteiger charge is 2.84. The number of hydrogen-bond donors (Lipinski definition) is 1. The van der Waals surface area contributed by atoms with Crippen molar-refractivity contribution in [3.05, 3.63) is 0 Å². The highest BCUT2D eigenvalue weighted by molar-refractivity contribution is 5.98. The molecule has 0 unspecified atom stereocenters. The molecule has 0 aromatic rings. The Labute approximate surface area is 276 Å². The fourth-order valence-corrected chi connectivity index (χ4v) is 9.42. The molecule has 4 fully saturated rings. The average molecular weight is 665 g/mol. The standard InChI is InChI=1S/C35H52O12/c1-11-13-24(39)43-16-34-22(44-19(6)36)14-21-25(32(21,8)9)28(34)33(10,47-20(7)37)31(41)35(42)15-18(5)27(45-23(38)12-2)26(35)29(34)46-30(40)17(3)4/h17-18,21-22,25-29,42H,11-16H2,1-10H3/t18-,21-,22+,25-,26+,27-,28-,29+,33-,34+,35+/m0/s1. The van der Waals surface area contributed by atoms with Gasteiger partial charge in [0.25, 0.3) is 0 Å². The molecule has 4 aliphatic carbocycles. The molecule has 4 saturated carbocycles. The largest absolute Gasteiger partial charge is 0.465 e. The van der Waals surface area contributed by atoms with Crippen LogP contribution in [0.4, 0.5) is 0 Å². The van der Waals surface area contributed by atoms with Gasteiger partial charge in [-0.3, -0.25) is 28.8 Å². The first-order valence-electron chi connectivity index (χ1n) is 16.9. The number of aliphatic hydroxyl groups is 1. The molecule has 264 valence electrons. The molecule has 12 nitrogen and oxygen atoms in total. The second-order valence-electron chi connectivity index (χ2n) is 15.3. The third kappa shape index (κ3) is 5.97. The third-order valence-corrected chi connectivity index (χ3v) is 11.4. The van der Waals surface area contributed by atoms with E-state index in [0.29, 0.717) is 6.42 Å². The summed E-state index contributed by atoms with van der Waals surface area (Å²) in [6.07, 6.45) is -3.12. The summed E-state index contributed by atoms with van der Waals surface area (Å²) in [7, 11) is 0. The first kappa shape index (κ1) is 36.8. The quantitative estimate of drug-likeness (QED) is 0.266. The maximum Gasteiger partial charge on any atom is 0.308 e. The van der Waals surface area contributed by atoms with E-state index in [1.807, 2.05) is 20.8 Å². The van der Waals surface area contributed by atoms with Crippen molar-refractivity contribution < 1.29 is 57.6 Å². The fraction of sp³-hybridized carbons (Fsp3) is 0.829. The van der Waals surface area contributed by atoms with E-state index >= 15 is 4.79 Å². The lowest BCUT2D eigenvalue weighted by Crippen LogP contribution is -2.66. The van der Waals surface area contributed by atoms with Crippen molar-refractivity contribution in [2.24, 2.45) is 46.3 Å². The summed E-state index contributed by atoms with van der Waals surface area (Å²) in [5, 5.41) is 12.7. The number of Topliss-reactive ketones (excluding diaryl/α,β-unsaturated/α-hetero) is 1. The van der Waals surface area contributed by atoms with Gasteiger partial charge in [-0.15, -0.1) is 0 Å². The van der Waals surface area contributed by atoms with E-state index in [4.69, 9.17) is 23.7 Å². The molecule has 0 radical (unpaired) electrons. The van der Waals surface area contributed by atoms with Crippen molar-refractivity contribution in [3.63, 3.8) is 0 Å². The number of esters is 5. The molecule has 47 heavy (non-hydrogen) atoms. The minimum atomic E-state index is -2.32. The monoisotopic (exact) mass is 664 g/mol. The maximum atomic E-state index is 15.1. The number of fused-ring (bicyclic) bond motifs is 4. The Morgan fingerprint density at radius 1 is 0.936 bits per heavy atom. The van der Waals surface area contributed by atoms with Crippen molar-refractivity contribution in [2.45, 2.75) is 131 Å². The molecule has 0 saturated heterocycles. The van der Waals surface area contributed by atoms with E-state index in [1.54, 1.807) is 27.7 Å². The molecule has 12 heteroatoms. The summed E-state index contributed by atoms with van der Waals surface area (Å²) in [6, 6.07) is 0. The van der Waals surface area contributed by atoms with Crippen molar-refractivity contribution in [1.82, 2.24) is 0 Å². The van der Waals surface area contributed by atoms with E-state index in [2.05, 4.69) is 0 Å². The fourth-order valence-electron chi connectivity index (χ4n) is 9.42. The van der Waals surface area contributed by atoms with Crippen molar-refractivity contribution in [2.75, 3.05) is 6.61 Å². The number of ether oxygens (including phenoxy) is 5. The molecule has 0 aliphatic heterocycles. The van der Waals surface area contributed by atoms with Gasteiger partial charge in [0.2, 0.25) is 5.78 Å². The van der Waals surface area contributed by atoms with Gasteiger partial charge in [-0.25, -0.2) is 0 Å². The van der Waals surface area contributed by atoms with Crippen LogP contribution in [0, 0.1) is 46.3 Å². The van der Waals surface area contributed by atoms with Crippen LogP contribution in [-0.4, -0.2) is 76.9 Å². The van der Waals surface area contributed by atoms with Crippen LogP contribution in [-0.2, 0) is 52.5 Å². The second-order valence-corrected chi connectivity index (χ2v) is 15.3. The Morgan fingerprint density at radius 3 is 2.11 bits per heavy atom. The Balaban J connectivity index is 2.16. The van der Waals surface area contributed by atoms with Gasteiger partial charge in [0.1, 0.15) is 30.5 Å². The van der Waals surface area contributed by atoms with Gasteiger partial charge < -0.3 is 28.8 Å². The zero-order valence-electron chi connectivity index (χ0n) is 29.4. The number of carbonyl (C=O) groups excluding carboxylic acids is 6. The Kier molecular flexibility index (Phi) is 10.0. The molecule has 0 aromatic heterocycles. The first-order valence-corrected chi connectivity index (χ1v) is 16.9. The first-order chi connectivity index (χ1) is 21.7. The van der Waals surface area contributed by atoms with Crippen molar-refractivity contribution in [1.29, 1.82) is 0 Å².